The zero-order chi connectivity index (χ0) is 19.0. The number of hydrogen-bond donors (Lipinski definition) is 0. The SMILES string of the molecule is [C-]#[N+]c1ccc(OC2CCC(N3Cc4ccc(F)cc4C3=O)CC2)cc1Br. The van der Waals surface area contributed by atoms with E-state index < -0.39 is 0 Å². The summed E-state index contributed by atoms with van der Waals surface area (Å²) < 4.78 is 20.2. The lowest BCUT2D eigenvalue weighted by Crippen LogP contribution is -2.40. The summed E-state index contributed by atoms with van der Waals surface area (Å²) in [6.07, 6.45) is 3.56. The van der Waals surface area contributed by atoms with Crippen molar-refractivity contribution in [1.29, 1.82) is 0 Å². The minimum Gasteiger partial charge on any atom is -0.491 e. The summed E-state index contributed by atoms with van der Waals surface area (Å²) in [5.74, 6) is 0.321. The van der Waals surface area contributed by atoms with Crippen LogP contribution in [0.25, 0.3) is 4.85 Å². The summed E-state index contributed by atoms with van der Waals surface area (Å²) in [4.78, 5) is 17.9. The van der Waals surface area contributed by atoms with Crippen LogP contribution in [-0.2, 0) is 6.54 Å². The molecule has 1 amide bonds. The van der Waals surface area contributed by atoms with Crippen LogP contribution in [0.2, 0.25) is 0 Å². The quantitative estimate of drug-likeness (QED) is 0.606. The van der Waals surface area contributed by atoms with Gasteiger partial charge in [-0.2, -0.15) is 0 Å². The minimum absolute atomic E-state index is 0.0625. The van der Waals surface area contributed by atoms with E-state index in [-0.39, 0.29) is 23.9 Å². The van der Waals surface area contributed by atoms with E-state index in [1.165, 1.54) is 12.1 Å². The monoisotopic (exact) mass is 428 g/mol. The summed E-state index contributed by atoms with van der Waals surface area (Å²) >= 11 is 3.39. The van der Waals surface area contributed by atoms with Crippen molar-refractivity contribution < 1.29 is 13.9 Å². The molecule has 1 aliphatic heterocycles. The fraction of sp³-hybridized carbons (Fsp3) is 0.333. The standard InChI is InChI=1S/C21H18BrFN2O2/c1-24-20-9-8-17(11-19(20)22)27-16-6-4-15(5-7-16)25-12-13-2-3-14(23)10-18(13)21(25)26/h2-3,8-11,15-16H,4-7,12H2. The normalized spacial score (nSPS) is 21.7. The maximum Gasteiger partial charge on any atom is 0.254 e. The Kier molecular flexibility index (Phi) is 4.88. The zero-order valence-electron chi connectivity index (χ0n) is 14.6. The molecule has 0 atom stereocenters. The van der Waals surface area contributed by atoms with E-state index >= 15 is 0 Å². The Morgan fingerprint density at radius 2 is 1.93 bits per heavy atom. The number of ether oxygens (including phenoxy) is 1. The van der Waals surface area contributed by atoms with Gasteiger partial charge in [-0.3, -0.25) is 4.79 Å². The third kappa shape index (κ3) is 3.57. The highest BCUT2D eigenvalue weighted by Gasteiger charge is 2.35. The van der Waals surface area contributed by atoms with Crippen LogP contribution in [0.1, 0.15) is 41.6 Å². The van der Waals surface area contributed by atoms with Crippen molar-refractivity contribution in [2.24, 2.45) is 0 Å². The fourth-order valence-corrected chi connectivity index (χ4v) is 4.36. The van der Waals surface area contributed by atoms with Crippen molar-refractivity contribution in [1.82, 2.24) is 4.90 Å². The number of nitrogens with zero attached hydrogens (tertiary/aromatic N) is 2. The molecule has 1 heterocycles. The van der Waals surface area contributed by atoms with E-state index in [0.29, 0.717) is 17.8 Å². The van der Waals surface area contributed by atoms with Gasteiger partial charge in [-0.05, 0) is 55.5 Å². The largest absolute Gasteiger partial charge is 0.491 e. The van der Waals surface area contributed by atoms with E-state index in [1.54, 1.807) is 12.1 Å². The van der Waals surface area contributed by atoms with Gasteiger partial charge in [0.25, 0.3) is 5.91 Å². The summed E-state index contributed by atoms with van der Waals surface area (Å²) in [5, 5.41) is 0. The van der Waals surface area contributed by atoms with Gasteiger partial charge in [0, 0.05) is 22.6 Å². The molecule has 2 aromatic carbocycles. The Bertz CT molecular complexity index is 932. The van der Waals surface area contributed by atoms with Gasteiger partial charge < -0.3 is 9.64 Å². The highest BCUT2D eigenvalue weighted by Crippen LogP contribution is 2.34. The van der Waals surface area contributed by atoms with Crippen molar-refractivity contribution in [3.63, 3.8) is 0 Å². The van der Waals surface area contributed by atoms with Gasteiger partial charge in [0.15, 0.2) is 0 Å². The Morgan fingerprint density at radius 1 is 1.15 bits per heavy atom. The molecule has 0 spiro atoms. The van der Waals surface area contributed by atoms with E-state index in [4.69, 9.17) is 11.3 Å². The Balaban J connectivity index is 1.36. The topological polar surface area (TPSA) is 33.9 Å². The molecule has 0 radical (unpaired) electrons. The maximum atomic E-state index is 13.4. The number of benzene rings is 2. The second-order valence-electron chi connectivity index (χ2n) is 7.01. The highest BCUT2D eigenvalue weighted by molar-refractivity contribution is 9.10. The first-order valence-corrected chi connectivity index (χ1v) is 9.77. The van der Waals surface area contributed by atoms with E-state index in [0.717, 1.165) is 41.5 Å². The molecule has 2 aromatic rings. The van der Waals surface area contributed by atoms with Crippen LogP contribution in [0.15, 0.2) is 40.9 Å². The number of rotatable bonds is 3. The highest BCUT2D eigenvalue weighted by atomic mass is 79.9. The van der Waals surface area contributed by atoms with Crippen molar-refractivity contribution in [2.45, 2.75) is 44.4 Å². The van der Waals surface area contributed by atoms with Crippen LogP contribution in [0.5, 0.6) is 5.75 Å². The van der Waals surface area contributed by atoms with Gasteiger partial charge in [-0.25, -0.2) is 9.24 Å². The predicted octanol–water partition coefficient (Wildman–Crippen LogP) is 5.48. The molecule has 2 aliphatic rings. The number of hydrogen-bond acceptors (Lipinski definition) is 2. The second-order valence-corrected chi connectivity index (χ2v) is 7.86. The second kappa shape index (κ2) is 7.32. The summed E-state index contributed by atoms with van der Waals surface area (Å²) in [7, 11) is 0. The molecule has 27 heavy (non-hydrogen) atoms. The Labute approximate surface area is 165 Å². The van der Waals surface area contributed by atoms with Crippen molar-refractivity contribution in [3.05, 3.63) is 69.2 Å². The zero-order valence-corrected chi connectivity index (χ0v) is 16.2. The van der Waals surface area contributed by atoms with Gasteiger partial charge in [0.2, 0.25) is 5.69 Å². The number of amides is 1. The number of carbonyl (C=O) groups is 1. The molecule has 0 aromatic heterocycles. The smallest absolute Gasteiger partial charge is 0.254 e. The van der Waals surface area contributed by atoms with Gasteiger partial charge in [0.1, 0.15) is 11.6 Å². The van der Waals surface area contributed by atoms with Crippen LogP contribution in [0.3, 0.4) is 0 Å². The van der Waals surface area contributed by atoms with E-state index in [9.17, 15) is 9.18 Å². The predicted molar refractivity (Wildman–Crippen MR) is 103 cm³/mol. The van der Waals surface area contributed by atoms with Crippen molar-refractivity contribution >= 4 is 27.5 Å². The molecule has 138 valence electrons. The maximum absolute atomic E-state index is 13.4. The number of carbonyl (C=O) groups excluding carboxylic acids is 1. The molecule has 4 nitrogen and oxygen atoms in total. The minimum atomic E-state index is -0.364. The van der Waals surface area contributed by atoms with Crippen molar-refractivity contribution in [2.75, 3.05) is 0 Å². The van der Waals surface area contributed by atoms with Gasteiger partial charge in [0.05, 0.1) is 12.7 Å². The van der Waals surface area contributed by atoms with Crippen LogP contribution in [-0.4, -0.2) is 23.0 Å². The van der Waals surface area contributed by atoms with Crippen LogP contribution >= 0.6 is 15.9 Å². The molecule has 0 unspecified atom stereocenters. The summed E-state index contributed by atoms with van der Waals surface area (Å²) in [6.45, 7) is 7.65. The van der Waals surface area contributed by atoms with Gasteiger partial charge in [-0.1, -0.05) is 28.1 Å². The summed E-state index contributed by atoms with van der Waals surface area (Å²) in [5.41, 5.74) is 1.97. The lowest BCUT2D eigenvalue weighted by atomic mass is 9.92. The average Bonchev–Trinajstić information content (AvgIpc) is 2.99. The molecule has 4 rings (SSSR count). The van der Waals surface area contributed by atoms with E-state index in [1.807, 2.05) is 17.0 Å². The average molecular weight is 429 g/mol. The van der Waals surface area contributed by atoms with Crippen LogP contribution < -0.4 is 4.74 Å². The van der Waals surface area contributed by atoms with E-state index in [2.05, 4.69) is 20.8 Å². The third-order valence-corrected chi connectivity index (χ3v) is 5.97. The molecule has 6 heteroatoms. The Hall–Kier alpha value is -2.39. The first kappa shape index (κ1) is 18.0. The Morgan fingerprint density at radius 3 is 2.63 bits per heavy atom. The molecule has 0 bridgehead atoms. The molecule has 0 saturated heterocycles. The number of halogens is 2. The van der Waals surface area contributed by atoms with Crippen LogP contribution in [0.4, 0.5) is 10.1 Å². The summed E-state index contributed by atoms with van der Waals surface area (Å²) in [6, 6.07) is 10.0. The van der Waals surface area contributed by atoms with Gasteiger partial charge >= 0.3 is 0 Å². The molecule has 1 saturated carbocycles. The molecule has 0 N–H and O–H groups in total. The lowest BCUT2D eigenvalue weighted by Gasteiger charge is -2.34. The van der Waals surface area contributed by atoms with Crippen molar-refractivity contribution in [3.8, 4) is 5.75 Å². The fourth-order valence-electron chi connectivity index (χ4n) is 3.91. The lowest BCUT2D eigenvalue weighted by molar-refractivity contribution is 0.0561. The first-order chi connectivity index (χ1) is 13.0. The molecule has 1 aliphatic carbocycles. The van der Waals surface area contributed by atoms with Crippen LogP contribution in [0, 0.1) is 12.4 Å². The number of fused-ring (bicyclic) bond motifs is 1. The third-order valence-electron chi connectivity index (χ3n) is 5.33. The van der Waals surface area contributed by atoms with Gasteiger partial charge in [-0.15, -0.1) is 0 Å². The molecular formula is C21H18BrFN2O2. The first-order valence-electron chi connectivity index (χ1n) is 8.98. The molecular weight excluding hydrogens is 411 g/mol. The molecule has 1 fully saturated rings.